The number of unbranched alkanes of at least 4 members (excludes halogenated alkanes) is 1. The molecule has 1 aliphatic carbocycles. The summed E-state index contributed by atoms with van der Waals surface area (Å²) < 4.78 is 0. The first-order chi connectivity index (χ1) is 6.15. The van der Waals surface area contributed by atoms with Crippen molar-refractivity contribution in [2.45, 2.75) is 33.1 Å². The van der Waals surface area contributed by atoms with Crippen LogP contribution in [-0.4, -0.2) is 10.6 Å². The van der Waals surface area contributed by atoms with Gasteiger partial charge in [-0.25, -0.2) is 0 Å². The molecule has 13 heavy (non-hydrogen) atoms. The van der Waals surface area contributed by atoms with E-state index in [9.17, 15) is 4.79 Å². The van der Waals surface area contributed by atoms with Gasteiger partial charge >= 0.3 is 0 Å². The predicted molar refractivity (Wildman–Crippen MR) is 59.0 cm³/mol. The fourth-order valence-electron chi connectivity index (χ4n) is 1.27. The number of hydrogen-bond acceptors (Lipinski definition) is 2. The van der Waals surface area contributed by atoms with Gasteiger partial charge < -0.3 is 0 Å². The molecule has 0 fully saturated rings. The van der Waals surface area contributed by atoms with Crippen molar-refractivity contribution in [2.75, 3.05) is 0 Å². The van der Waals surface area contributed by atoms with E-state index in [0.717, 1.165) is 35.3 Å². The van der Waals surface area contributed by atoms with Crippen molar-refractivity contribution in [2.24, 2.45) is 0 Å². The van der Waals surface area contributed by atoms with Crippen LogP contribution in [0.15, 0.2) is 23.3 Å². The molecule has 0 bridgehead atoms. The Kier molecular flexibility index (Phi) is 3.55. The minimum Gasteiger partial charge on any atom is -0.290 e. The Hall–Kier alpha value is -0.760. The minimum absolute atomic E-state index is 0.111. The lowest BCUT2D eigenvalue weighted by molar-refractivity contribution is -0.111. The van der Waals surface area contributed by atoms with Crippen molar-refractivity contribution in [3.8, 4) is 0 Å². The van der Waals surface area contributed by atoms with Gasteiger partial charge in [-0.3, -0.25) is 4.79 Å². The molecule has 70 valence electrons. The molecule has 0 saturated carbocycles. The second-order valence-electron chi connectivity index (χ2n) is 3.33. The van der Waals surface area contributed by atoms with Gasteiger partial charge in [-0.15, -0.1) is 0 Å². The largest absolute Gasteiger partial charge is 0.290 e. The first-order valence-corrected chi connectivity index (χ1v) is 5.03. The zero-order valence-electron chi connectivity index (χ0n) is 8.09. The van der Waals surface area contributed by atoms with Crippen molar-refractivity contribution in [3.05, 3.63) is 23.3 Å². The van der Waals surface area contributed by atoms with E-state index in [2.05, 4.69) is 6.92 Å². The quantitative estimate of drug-likeness (QED) is 0.642. The van der Waals surface area contributed by atoms with Crippen LogP contribution in [0.3, 0.4) is 0 Å². The molecule has 0 aromatic heterocycles. The highest BCUT2D eigenvalue weighted by atomic mass is 32.1. The molecule has 0 saturated heterocycles. The highest BCUT2D eigenvalue weighted by molar-refractivity contribution is 7.81. The molecular formula is C11H14OS. The summed E-state index contributed by atoms with van der Waals surface area (Å²) in [5.41, 5.74) is 1.79. The van der Waals surface area contributed by atoms with E-state index in [1.54, 1.807) is 6.08 Å². The monoisotopic (exact) mass is 194 g/mol. The van der Waals surface area contributed by atoms with Crippen molar-refractivity contribution in [1.82, 2.24) is 0 Å². The van der Waals surface area contributed by atoms with Crippen LogP contribution in [-0.2, 0) is 4.79 Å². The molecule has 0 amide bonds. The fraction of sp³-hybridized carbons (Fsp3) is 0.455. The van der Waals surface area contributed by atoms with Crippen molar-refractivity contribution < 1.29 is 4.79 Å². The second kappa shape index (κ2) is 4.47. The molecule has 2 heteroatoms. The Morgan fingerprint density at radius 1 is 1.38 bits per heavy atom. The maximum Gasteiger partial charge on any atom is 0.181 e. The Labute approximate surface area is 84.5 Å². The number of ketones is 1. The average molecular weight is 194 g/mol. The zero-order chi connectivity index (χ0) is 9.84. The van der Waals surface area contributed by atoms with E-state index in [1.165, 1.54) is 0 Å². The Morgan fingerprint density at radius 2 is 2.08 bits per heavy atom. The van der Waals surface area contributed by atoms with Crippen LogP contribution in [0, 0.1) is 0 Å². The highest BCUT2D eigenvalue weighted by Crippen LogP contribution is 2.17. The highest BCUT2D eigenvalue weighted by Gasteiger charge is 2.13. The van der Waals surface area contributed by atoms with E-state index in [4.69, 9.17) is 12.2 Å². The SMILES string of the molecule is CCCCC1=CC(=O)C(C)=CC1=S. The zero-order valence-corrected chi connectivity index (χ0v) is 8.91. The van der Waals surface area contributed by atoms with Gasteiger partial charge in [0.05, 0.1) is 0 Å². The van der Waals surface area contributed by atoms with Crippen LogP contribution in [0.5, 0.6) is 0 Å². The van der Waals surface area contributed by atoms with Gasteiger partial charge in [-0.2, -0.15) is 0 Å². The lowest BCUT2D eigenvalue weighted by atomic mass is 9.95. The second-order valence-corrected chi connectivity index (χ2v) is 3.77. The molecular weight excluding hydrogens is 180 g/mol. The van der Waals surface area contributed by atoms with Gasteiger partial charge in [0, 0.05) is 4.86 Å². The Bertz CT molecular complexity index is 297. The van der Waals surface area contributed by atoms with Crippen LogP contribution in [0.25, 0.3) is 0 Å². The molecule has 1 rings (SSSR count). The molecule has 0 unspecified atom stereocenters. The molecule has 0 radical (unpaired) electrons. The molecule has 0 aliphatic heterocycles. The summed E-state index contributed by atoms with van der Waals surface area (Å²) in [5.74, 6) is 0.111. The van der Waals surface area contributed by atoms with E-state index in [1.807, 2.05) is 13.0 Å². The van der Waals surface area contributed by atoms with Crippen molar-refractivity contribution in [3.63, 3.8) is 0 Å². The molecule has 0 aromatic carbocycles. The van der Waals surface area contributed by atoms with E-state index < -0.39 is 0 Å². The Balaban J connectivity index is 2.71. The molecule has 0 spiro atoms. The van der Waals surface area contributed by atoms with E-state index in [0.29, 0.717) is 0 Å². The predicted octanol–water partition coefficient (Wildman–Crippen LogP) is 3.00. The smallest absolute Gasteiger partial charge is 0.181 e. The van der Waals surface area contributed by atoms with E-state index in [-0.39, 0.29) is 5.78 Å². The third-order valence-corrected chi connectivity index (χ3v) is 2.54. The van der Waals surface area contributed by atoms with Crippen molar-refractivity contribution >= 4 is 22.9 Å². The lowest BCUT2D eigenvalue weighted by Crippen LogP contribution is -2.09. The average Bonchev–Trinajstić information content (AvgIpc) is 2.09. The summed E-state index contributed by atoms with van der Waals surface area (Å²) in [6.45, 7) is 3.94. The maximum absolute atomic E-state index is 11.3. The first-order valence-electron chi connectivity index (χ1n) is 4.62. The maximum atomic E-state index is 11.3. The van der Waals surface area contributed by atoms with Gasteiger partial charge in [-0.1, -0.05) is 25.6 Å². The molecule has 0 aromatic rings. The number of rotatable bonds is 3. The topological polar surface area (TPSA) is 17.1 Å². The fourth-order valence-corrected chi connectivity index (χ4v) is 1.60. The number of carbonyl (C=O) groups excluding carboxylic acids is 1. The molecule has 0 heterocycles. The van der Waals surface area contributed by atoms with Gasteiger partial charge in [0.2, 0.25) is 0 Å². The minimum atomic E-state index is 0.111. The summed E-state index contributed by atoms with van der Waals surface area (Å²) in [5, 5.41) is 0. The third kappa shape index (κ3) is 2.59. The Morgan fingerprint density at radius 3 is 2.69 bits per heavy atom. The van der Waals surface area contributed by atoms with Gasteiger partial charge in [0.25, 0.3) is 0 Å². The van der Waals surface area contributed by atoms with Crippen LogP contribution in [0.1, 0.15) is 33.1 Å². The number of hydrogen-bond donors (Lipinski definition) is 0. The van der Waals surface area contributed by atoms with E-state index >= 15 is 0 Å². The lowest BCUT2D eigenvalue weighted by Gasteiger charge is -2.10. The molecule has 1 aliphatic rings. The number of thiocarbonyl (C=S) groups is 1. The summed E-state index contributed by atoms with van der Waals surface area (Å²) in [6, 6.07) is 0. The standard InChI is InChI=1S/C11H14OS/c1-3-4-5-9-7-10(12)8(2)6-11(9)13/h6-7H,3-5H2,1-2H3. The first kappa shape index (κ1) is 10.3. The summed E-state index contributed by atoms with van der Waals surface area (Å²) >= 11 is 5.17. The van der Waals surface area contributed by atoms with Crippen molar-refractivity contribution in [1.29, 1.82) is 0 Å². The van der Waals surface area contributed by atoms with Gasteiger partial charge in [0.1, 0.15) is 0 Å². The number of carbonyl (C=O) groups is 1. The molecule has 1 nitrogen and oxygen atoms in total. The third-order valence-electron chi connectivity index (χ3n) is 2.16. The number of allylic oxidation sites excluding steroid dienone is 4. The van der Waals surface area contributed by atoms with Crippen LogP contribution < -0.4 is 0 Å². The van der Waals surface area contributed by atoms with Crippen LogP contribution >= 0.6 is 12.2 Å². The van der Waals surface area contributed by atoms with Gasteiger partial charge in [0.15, 0.2) is 5.78 Å². The molecule has 0 N–H and O–H groups in total. The normalized spacial score (nSPS) is 17.1. The van der Waals surface area contributed by atoms with Gasteiger partial charge in [-0.05, 0) is 43.1 Å². The summed E-state index contributed by atoms with van der Waals surface area (Å²) in [7, 11) is 0. The summed E-state index contributed by atoms with van der Waals surface area (Å²) in [6.07, 6.45) is 6.67. The van der Waals surface area contributed by atoms with Crippen LogP contribution in [0.2, 0.25) is 0 Å². The molecule has 0 atom stereocenters. The van der Waals surface area contributed by atoms with Crippen LogP contribution in [0.4, 0.5) is 0 Å². The summed E-state index contributed by atoms with van der Waals surface area (Å²) in [4.78, 5) is 12.1.